The van der Waals surface area contributed by atoms with Gasteiger partial charge in [-0.1, -0.05) is 56.3 Å². The first kappa shape index (κ1) is 20.4. The molecule has 3 aliphatic carbocycles. The minimum Gasteiger partial charge on any atom is -0.466 e. The van der Waals surface area contributed by atoms with Gasteiger partial charge in [-0.15, -0.1) is 0 Å². The quantitative estimate of drug-likeness (QED) is 0.553. The summed E-state index contributed by atoms with van der Waals surface area (Å²) in [6, 6.07) is 8.61. The topological polar surface area (TPSA) is 81.7 Å². The number of nitrogens with one attached hydrogen (secondary N) is 1. The van der Waals surface area contributed by atoms with Crippen LogP contribution in [0.15, 0.2) is 53.6 Å². The molecule has 1 amide bonds. The fourth-order valence-corrected chi connectivity index (χ4v) is 5.04. The summed E-state index contributed by atoms with van der Waals surface area (Å²) < 4.78 is 10.4. The number of benzene rings is 1. The molecular formula is C24H27NO5. The van der Waals surface area contributed by atoms with Crippen LogP contribution >= 0.6 is 0 Å². The maximum Gasteiger partial charge on any atom is 0.334 e. The van der Waals surface area contributed by atoms with Gasteiger partial charge < -0.3 is 14.8 Å². The maximum atomic E-state index is 13.2. The summed E-state index contributed by atoms with van der Waals surface area (Å²) >= 11 is 0. The van der Waals surface area contributed by atoms with Crippen LogP contribution in [-0.2, 0) is 30.5 Å². The Hall–Kier alpha value is -2.89. The van der Waals surface area contributed by atoms with E-state index in [-0.39, 0.29) is 36.2 Å². The Kier molecular flexibility index (Phi) is 5.50. The molecule has 2 bridgehead atoms. The molecule has 1 saturated carbocycles. The Morgan fingerprint density at radius 3 is 2.27 bits per heavy atom. The molecule has 4 rings (SSSR count). The Balaban J connectivity index is 1.48. The number of rotatable bonds is 7. The van der Waals surface area contributed by atoms with Gasteiger partial charge in [0.05, 0.1) is 12.7 Å². The lowest BCUT2D eigenvalue weighted by Gasteiger charge is -2.41. The first-order valence-electron chi connectivity index (χ1n) is 10.4. The van der Waals surface area contributed by atoms with E-state index in [0.29, 0.717) is 17.1 Å². The zero-order valence-electron chi connectivity index (χ0n) is 17.5. The van der Waals surface area contributed by atoms with E-state index in [2.05, 4.69) is 17.5 Å². The largest absolute Gasteiger partial charge is 0.466 e. The number of hydrogen-bond acceptors (Lipinski definition) is 5. The molecule has 0 saturated heterocycles. The molecule has 3 aliphatic rings. The molecule has 0 spiro atoms. The van der Waals surface area contributed by atoms with Gasteiger partial charge in [0, 0.05) is 17.4 Å². The van der Waals surface area contributed by atoms with E-state index in [1.165, 1.54) is 7.11 Å². The third kappa shape index (κ3) is 3.44. The summed E-state index contributed by atoms with van der Waals surface area (Å²) in [4.78, 5) is 38.2. The van der Waals surface area contributed by atoms with Crippen molar-refractivity contribution in [3.05, 3.63) is 59.2 Å². The highest BCUT2D eigenvalue weighted by Gasteiger charge is 2.59. The van der Waals surface area contributed by atoms with Crippen molar-refractivity contribution >= 4 is 17.8 Å². The third-order valence-electron chi connectivity index (χ3n) is 6.50. The molecule has 0 heterocycles. The minimum atomic E-state index is -0.791. The molecule has 1 fully saturated rings. The number of amides is 1. The molecule has 1 aromatic carbocycles. The Bertz CT molecular complexity index is 917. The van der Waals surface area contributed by atoms with Crippen LogP contribution in [0.1, 0.15) is 25.8 Å². The van der Waals surface area contributed by atoms with Crippen LogP contribution in [0.3, 0.4) is 0 Å². The lowest BCUT2D eigenvalue weighted by atomic mass is 9.62. The van der Waals surface area contributed by atoms with Crippen molar-refractivity contribution in [2.24, 2.45) is 29.6 Å². The first-order valence-corrected chi connectivity index (χ1v) is 10.4. The van der Waals surface area contributed by atoms with Crippen LogP contribution in [0.4, 0.5) is 0 Å². The lowest BCUT2D eigenvalue weighted by molar-refractivity contribution is -0.150. The predicted octanol–water partition coefficient (Wildman–Crippen LogP) is 2.79. The standard InChI is InChI=1S/C24H27NO5/c1-13(2)21(24(28)30-12-14-7-5-4-6-8-14)25-22(26)19-17-15-9-10-16(11-15)18(17)20(19)23(27)29-3/h4-10,13,15-18,21H,11-12H2,1-3H3,(H,25,26)/t15-,16+,17+,18-,21+/m0/s1. The summed E-state index contributed by atoms with van der Waals surface area (Å²) in [6.45, 7) is 3.86. The maximum absolute atomic E-state index is 13.2. The smallest absolute Gasteiger partial charge is 0.334 e. The van der Waals surface area contributed by atoms with Crippen LogP contribution in [0.5, 0.6) is 0 Å². The van der Waals surface area contributed by atoms with Crippen LogP contribution in [0, 0.1) is 29.6 Å². The number of carbonyl (C=O) groups is 3. The van der Waals surface area contributed by atoms with Crippen LogP contribution in [0.2, 0.25) is 0 Å². The fourth-order valence-electron chi connectivity index (χ4n) is 5.04. The van der Waals surface area contributed by atoms with Crippen molar-refractivity contribution in [1.82, 2.24) is 5.32 Å². The van der Waals surface area contributed by atoms with E-state index < -0.39 is 18.0 Å². The van der Waals surface area contributed by atoms with Gasteiger partial charge >= 0.3 is 11.9 Å². The average Bonchev–Trinajstić information content (AvgIpc) is 3.29. The van der Waals surface area contributed by atoms with Crippen molar-refractivity contribution in [3.8, 4) is 0 Å². The summed E-state index contributed by atoms with van der Waals surface area (Å²) in [5.41, 5.74) is 1.83. The van der Waals surface area contributed by atoms with Crippen molar-refractivity contribution in [2.75, 3.05) is 7.11 Å². The summed E-state index contributed by atoms with van der Waals surface area (Å²) in [6.07, 6.45) is 5.24. The summed E-state index contributed by atoms with van der Waals surface area (Å²) in [5.74, 6) is -0.804. The van der Waals surface area contributed by atoms with Gasteiger partial charge in [0.25, 0.3) is 0 Å². The molecule has 30 heavy (non-hydrogen) atoms. The highest BCUT2D eigenvalue weighted by Crippen LogP contribution is 2.61. The Morgan fingerprint density at radius 2 is 1.67 bits per heavy atom. The van der Waals surface area contributed by atoms with Gasteiger partial charge in [0.1, 0.15) is 12.6 Å². The van der Waals surface area contributed by atoms with Crippen molar-refractivity contribution in [3.63, 3.8) is 0 Å². The van der Waals surface area contributed by atoms with E-state index in [4.69, 9.17) is 9.47 Å². The van der Waals surface area contributed by atoms with Crippen molar-refractivity contribution in [1.29, 1.82) is 0 Å². The second-order valence-electron chi connectivity index (χ2n) is 8.61. The van der Waals surface area contributed by atoms with Gasteiger partial charge in [-0.25, -0.2) is 9.59 Å². The second kappa shape index (κ2) is 8.09. The highest BCUT2D eigenvalue weighted by molar-refractivity contribution is 6.07. The zero-order chi connectivity index (χ0) is 21.4. The number of esters is 2. The molecule has 0 radical (unpaired) electrons. The van der Waals surface area contributed by atoms with Gasteiger partial charge in [0.2, 0.25) is 5.91 Å². The van der Waals surface area contributed by atoms with Gasteiger partial charge in [0.15, 0.2) is 0 Å². The number of carbonyl (C=O) groups excluding carboxylic acids is 3. The fraction of sp³-hybridized carbons (Fsp3) is 0.458. The SMILES string of the molecule is COC(=O)C1=C(C(=O)N[C@@H](C(=O)OCc2ccccc2)C(C)C)[C@H]2[C@@H]1[C@@H]1C=C[C@H]2C1. The lowest BCUT2D eigenvalue weighted by Crippen LogP contribution is -2.50. The predicted molar refractivity (Wildman–Crippen MR) is 110 cm³/mol. The molecule has 0 aliphatic heterocycles. The van der Waals surface area contributed by atoms with Crippen LogP contribution in [0.25, 0.3) is 0 Å². The summed E-state index contributed by atoms with van der Waals surface area (Å²) in [5, 5.41) is 2.83. The number of methoxy groups -OCH3 is 1. The molecular weight excluding hydrogens is 382 g/mol. The number of hydrogen-bond donors (Lipinski definition) is 1. The van der Waals surface area contributed by atoms with E-state index >= 15 is 0 Å². The normalized spacial score (nSPS) is 26.8. The minimum absolute atomic E-state index is 0.0299. The van der Waals surface area contributed by atoms with E-state index in [0.717, 1.165) is 12.0 Å². The summed E-state index contributed by atoms with van der Waals surface area (Å²) in [7, 11) is 1.33. The van der Waals surface area contributed by atoms with E-state index in [9.17, 15) is 14.4 Å². The first-order chi connectivity index (χ1) is 14.4. The molecule has 6 heteroatoms. The Morgan fingerprint density at radius 1 is 1.03 bits per heavy atom. The molecule has 0 unspecified atom stereocenters. The zero-order valence-corrected chi connectivity index (χ0v) is 17.5. The Labute approximate surface area is 176 Å². The van der Waals surface area contributed by atoms with Crippen LogP contribution in [-0.4, -0.2) is 31.0 Å². The van der Waals surface area contributed by atoms with Crippen LogP contribution < -0.4 is 5.32 Å². The van der Waals surface area contributed by atoms with Crippen molar-refractivity contribution in [2.45, 2.75) is 32.9 Å². The number of allylic oxidation sites excluding steroid dienone is 2. The average molecular weight is 409 g/mol. The molecule has 158 valence electrons. The number of ether oxygens (including phenoxy) is 2. The van der Waals surface area contributed by atoms with Crippen molar-refractivity contribution < 1.29 is 23.9 Å². The highest BCUT2D eigenvalue weighted by atomic mass is 16.5. The third-order valence-corrected chi connectivity index (χ3v) is 6.50. The molecule has 5 atom stereocenters. The van der Waals surface area contributed by atoms with E-state index in [1.54, 1.807) is 0 Å². The molecule has 1 aromatic rings. The molecule has 0 aromatic heterocycles. The number of fused-ring (bicyclic) bond motifs is 5. The van der Waals surface area contributed by atoms with Gasteiger partial charge in [-0.2, -0.15) is 0 Å². The second-order valence-corrected chi connectivity index (χ2v) is 8.61. The monoisotopic (exact) mass is 409 g/mol. The molecule has 6 nitrogen and oxygen atoms in total. The van der Waals surface area contributed by atoms with E-state index in [1.807, 2.05) is 44.2 Å². The molecule has 1 N–H and O–H groups in total. The van der Waals surface area contributed by atoms with Gasteiger partial charge in [-0.05, 0) is 29.7 Å². The van der Waals surface area contributed by atoms with Gasteiger partial charge in [-0.3, -0.25) is 4.79 Å².